The molecular weight excluding hydrogens is 420 g/mol. The van der Waals surface area contributed by atoms with Crippen LogP contribution in [0.25, 0.3) is 0 Å². The summed E-state index contributed by atoms with van der Waals surface area (Å²) in [6, 6.07) is 14.8. The highest BCUT2D eigenvalue weighted by Gasteiger charge is 2.43. The van der Waals surface area contributed by atoms with E-state index in [9.17, 15) is 8.42 Å². The van der Waals surface area contributed by atoms with Gasteiger partial charge in [0.05, 0.1) is 19.8 Å². The summed E-state index contributed by atoms with van der Waals surface area (Å²) in [6.45, 7) is 1.26. The van der Waals surface area contributed by atoms with Crippen molar-refractivity contribution in [1.82, 2.24) is 9.79 Å². The highest BCUT2D eigenvalue weighted by Crippen LogP contribution is 2.38. The second-order valence-electron chi connectivity index (χ2n) is 7.30. The molecular formula is C22H30N2O6S. The molecule has 1 aliphatic rings. The van der Waals surface area contributed by atoms with Gasteiger partial charge in [-0.15, -0.1) is 0 Å². The number of hydroxylamine groups is 2. The summed E-state index contributed by atoms with van der Waals surface area (Å²) < 4.78 is 44.9. The molecule has 8 nitrogen and oxygen atoms in total. The number of nitrogens with zero attached hydrogens (tertiary/aromatic N) is 1. The lowest BCUT2D eigenvalue weighted by molar-refractivity contribution is -0.110. The van der Waals surface area contributed by atoms with Crippen molar-refractivity contribution in [1.29, 1.82) is 0 Å². The van der Waals surface area contributed by atoms with E-state index in [0.29, 0.717) is 37.7 Å². The van der Waals surface area contributed by atoms with Crippen LogP contribution in [0.5, 0.6) is 11.5 Å². The van der Waals surface area contributed by atoms with Crippen LogP contribution in [0.4, 0.5) is 0 Å². The Morgan fingerprint density at radius 1 is 1.13 bits per heavy atom. The van der Waals surface area contributed by atoms with Crippen LogP contribution in [0.2, 0.25) is 0 Å². The Kier molecular flexibility index (Phi) is 8.28. The standard InChI is InChI=1S/C22H30N2O6S/c1-24-22(21(16-30-24)31(25,26)23-12-7-13-27-2)18-10-11-19(28-3)20(14-18)29-15-17-8-5-4-6-9-17/h4-6,8-11,14,21-23H,7,12-13,15-16H2,1-3H3/t21-,22+/m1/s1. The largest absolute Gasteiger partial charge is 0.493 e. The van der Waals surface area contributed by atoms with E-state index in [1.807, 2.05) is 42.5 Å². The van der Waals surface area contributed by atoms with Crippen LogP contribution in [0.3, 0.4) is 0 Å². The van der Waals surface area contributed by atoms with Crippen molar-refractivity contribution in [2.45, 2.75) is 24.3 Å². The van der Waals surface area contributed by atoms with Gasteiger partial charge in [-0.05, 0) is 29.7 Å². The molecule has 0 bridgehead atoms. The SMILES string of the molecule is COCCCNS(=O)(=O)[C@@H]1CON(C)[C@H]1c1ccc(OC)c(OCc2ccccc2)c1. The van der Waals surface area contributed by atoms with Crippen LogP contribution in [-0.4, -0.2) is 59.8 Å². The Morgan fingerprint density at radius 2 is 1.90 bits per heavy atom. The van der Waals surface area contributed by atoms with E-state index in [1.54, 1.807) is 32.4 Å². The lowest BCUT2D eigenvalue weighted by Gasteiger charge is -2.24. The molecule has 1 saturated heterocycles. The van der Waals surface area contributed by atoms with Gasteiger partial charge in [0.15, 0.2) is 11.5 Å². The molecule has 0 aromatic heterocycles. The zero-order chi connectivity index (χ0) is 22.3. The number of benzene rings is 2. The van der Waals surface area contributed by atoms with Crippen molar-refractivity contribution >= 4 is 10.0 Å². The van der Waals surface area contributed by atoms with Gasteiger partial charge in [0.25, 0.3) is 0 Å². The fourth-order valence-electron chi connectivity index (χ4n) is 3.54. The van der Waals surface area contributed by atoms with Gasteiger partial charge in [-0.25, -0.2) is 13.1 Å². The number of ether oxygens (including phenoxy) is 3. The van der Waals surface area contributed by atoms with Crippen LogP contribution in [0.1, 0.15) is 23.6 Å². The molecule has 1 fully saturated rings. The lowest BCUT2D eigenvalue weighted by atomic mass is 10.0. The van der Waals surface area contributed by atoms with Crippen molar-refractivity contribution in [2.75, 3.05) is 41.0 Å². The first-order valence-electron chi connectivity index (χ1n) is 10.1. The molecule has 1 aliphatic heterocycles. The minimum Gasteiger partial charge on any atom is -0.493 e. The Hall–Kier alpha value is -2.17. The molecule has 2 aromatic carbocycles. The van der Waals surface area contributed by atoms with Crippen molar-refractivity contribution < 1.29 is 27.5 Å². The smallest absolute Gasteiger partial charge is 0.218 e. The highest BCUT2D eigenvalue weighted by molar-refractivity contribution is 7.90. The number of nitrogens with one attached hydrogen (secondary N) is 1. The third-order valence-corrected chi connectivity index (χ3v) is 6.98. The van der Waals surface area contributed by atoms with E-state index in [2.05, 4.69) is 4.72 Å². The molecule has 170 valence electrons. The molecule has 9 heteroatoms. The fourth-order valence-corrected chi connectivity index (χ4v) is 5.09. The van der Waals surface area contributed by atoms with Gasteiger partial charge in [0.2, 0.25) is 10.0 Å². The quantitative estimate of drug-likeness (QED) is 0.527. The van der Waals surface area contributed by atoms with Crippen LogP contribution in [0.15, 0.2) is 48.5 Å². The maximum Gasteiger partial charge on any atom is 0.218 e. The van der Waals surface area contributed by atoms with Gasteiger partial charge in [-0.1, -0.05) is 36.4 Å². The van der Waals surface area contributed by atoms with Gasteiger partial charge in [0, 0.05) is 27.3 Å². The predicted molar refractivity (Wildman–Crippen MR) is 117 cm³/mol. The van der Waals surface area contributed by atoms with Crippen LogP contribution in [-0.2, 0) is 26.2 Å². The molecule has 0 amide bonds. The van der Waals surface area contributed by atoms with E-state index in [0.717, 1.165) is 11.1 Å². The number of rotatable bonds is 11. The summed E-state index contributed by atoms with van der Waals surface area (Å²) in [4.78, 5) is 5.59. The first-order valence-corrected chi connectivity index (χ1v) is 11.7. The zero-order valence-electron chi connectivity index (χ0n) is 18.1. The molecule has 1 N–H and O–H groups in total. The first kappa shape index (κ1) is 23.5. The monoisotopic (exact) mass is 450 g/mol. The normalized spacial score (nSPS) is 19.5. The molecule has 0 saturated carbocycles. The van der Waals surface area contributed by atoms with Crippen LogP contribution >= 0.6 is 0 Å². The summed E-state index contributed by atoms with van der Waals surface area (Å²) >= 11 is 0. The maximum atomic E-state index is 12.9. The molecule has 0 spiro atoms. The molecule has 3 rings (SSSR count). The molecule has 2 atom stereocenters. The summed E-state index contributed by atoms with van der Waals surface area (Å²) in [5.41, 5.74) is 1.80. The van der Waals surface area contributed by atoms with Crippen LogP contribution < -0.4 is 14.2 Å². The number of hydrogen-bond donors (Lipinski definition) is 1. The molecule has 0 radical (unpaired) electrons. The summed E-state index contributed by atoms with van der Waals surface area (Å²) in [7, 11) is 1.30. The molecule has 31 heavy (non-hydrogen) atoms. The van der Waals surface area contributed by atoms with E-state index in [1.165, 1.54) is 0 Å². The zero-order valence-corrected chi connectivity index (χ0v) is 18.9. The van der Waals surface area contributed by atoms with Gasteiger partial charge < -0.3 is 14.2 Å². The predicted octanol–water partition coefficient (Wildman–Crippen LogP) is 2.52. The highest BCUT2D eigenvalue weighted by atomic mass is 32.2. The van der Waals surface area contributed by atoms with Crippen molar-refractivity contribution in [2.24, 2.45) is 0 Å². The fraction of sp³-hybridized carbons (Fsp3) is 0.455. The third kappa shape index (κ3) is 5.96. The lowest BCUT2D eigenvalue weighted by Crippen LogP contribution is -2.39. The molecule has 0 unspecified atom stereocenters. The summed E-state index contributed by atoms with van der Waals surface area (Å²) in [6.07, 6.45) is 0.601. The summed E-state index contributed by atoms with van der Waals surface area (Å²) in [5, 5.41) is 0.831. The third-order valence-electron chi connectivity index (χ3n) is 5.18. The number of sulfonamides is 1. The topological polar surface area (TPSA) is 86.3 Å². The van der Waals surface area contributed by atoms with E-state index >= 15 is 0 Å². The molecule has 1 heterocycles. The van der Waals surface area contributed by atoms with E-state index in [4.69, 9.17) is 19.0 Å². The maximum absolute atomic E-state index is 12.9. The second kappa shape index (κ2) is 10.9. The average Bonchev–Trinajstić information content (AvgIpc) is 3.18. The van der Waals surface area contributed by atoms with Crippen molar-refractivity contribution in [3.63, 3.8) is 0 Å². The van der Waals surface area contributed by atoms with Gasteiger partial charge in [-0.2, -0.15) is 5.06 Å². The average molecular weight is 451 g/mol. The number of methoxy groups -OCH3 is 2. The second-order valence-corrected chi connectivity index (χ2v) is 9.28. The Bertz CT molecular complexity index is 938. The van der Waals surface area contributed by atoms with Crippen molar-refractivity contribution in [3.8, 4) is 11.5 Å². The molecule has 2 aromatic rings. The minimum atomic E-state index is -3.60. The molecule has 0 aliphatic carbocycles. The van der Waals surface area contributed by atoms with Gasteiger partial charge in [-0.3, -0.25) is 4.84 Å². The van der Waals surface area contributed by atoms with Crippen molar-refractivity contribution in [3.05, 3.63) is 59.7 Å². The first-order chi connectivity index (χ1) is 15.0. The van der Waals surface area contributed by atoms with Gasteiger partial charge >= 0.3 is 0 Å². The minimum absolute atomic E-state index is 0.0764. The van der Waals surface area contributed by atoms with E-state index in [-0.39, 0.29) is 6.61 Å². The Labute approximate surface area is 184 Å². The Balaban J connectivity index is 1.80. The van der Waals surface area contributed by atoms with Gasteiger partial charge in [0.1, 0.15) is 11.9 Å². The Morgan fingerprint density at radius 3 is 2.61 bits per heavy atom. The van der Waals surface area contributed by atoms with E-state index < -0.39 is 21.3 Å². The number of hydrogen-bond acceptors (Lipinski definition) is 7. The summed E-state index contributed by atoms with van der Waals surface area (Å²) in [5.74, 6) is 1.13. The van der Waals surface area contributed by atoms with Crippen LogP contribution in [0, 0.1) is 0 Å².